The number of rotatable bonds is 4. The van der Waals surface area contributed by atoms with Crippen molar-refractivity contribution < 1.29 is 19.4 Å². The monoisotopic (exact) mass is 224 g/mol. The molecule has 0 bridgehead atoms. The van der Waals surface area contributed by atoms with Crippen LogP contribution in [0, 0.1) is 11.7 Å². The summed E-state index contributed by atoms with van der Waals surface area (Å²) in [5, 5.41) is 18.1. The lowest BCUT2D eigenvalue weighted by molar-refractivity contribution is -0.137. The Morgan fingerprint density at radius 2 is 2.19 bits per heavy atom. The van der Waals surface area contributed by atoms with Gasteiger partial charge in [-0.2, -0.15) is 0 Å². The third-order valence-electron chi connectivity index (χ3n) is 2.99. The Morgan fingerprint density at radius 3 is 2.75 bits per heavy atom. The molecule has 1 unspecified atom stereocenters. The van der Waals surface area contributed by atoms with Crippen LogP contribution in [0.4, 0.5) is 4.39 Å². The summed E-state index contributed by atoms with van der Waals surface area (Å²) in [7, 11) is 0. The average molecular weight is 224 g/mol. The number of hydrogen-bond acceptors (Lipinski definition) is 2. The van der Waals surface area contributed by atoms with E-state index in [4.69, 9.17) is 5.11 Å². The van der Waals surface area contributed by atoms with Crippen LogP contribution in [0.15, 0.2) is 18.2 Å². The summed E-state index contributed by atoms with van der Waals surface area (Å²) in [6.07, 6.45) is 1.80. The van der Waals surface area contributed by atoms with Gasteiger partial charge in [-0.25, -0.2) is 4.39 Å². The number of phenolic OH excluding ortho intramolecular Hbond substituents is 1. The summed E-state index contributed by atoms with van der Waals surface area (Å²) < 4.78 is 13.6. The zero-order valence-corrected chi connectivity index (χ0v) is 8.69. The highest BCUT2D eigenvalue weighted by atomic mass is 19.1. The van der Waals surface area contributed by atoms with Gasteiger partial charge in [-0.1, -0.05) is 12.1 Å². The van der Waals surface area contributed by atoms with E-state index in [0.29, 0.717) is 5.56 Å². The number of carboxylic acid groups (broad SMARTS) is 1. The number of aromatic hydroxyl groups is 1. The fraction of sp³-hybridized carbons (Fsp3) is 0.417. The minimum absolute atomic E-state index is 0.0783. The van der Waals surface area contributed by atoms with Crippen molar-refractivity contribution in [2.24, 2.45) is 5.92 Å². The molecule has 4 heteroatoms. The SMILES string of the molecule is O=C(O)CC(c1cccc(O)c1F)C1CC1. The Labute approximate surface area is 92.5 Å². The van der Waals surface area contributed by atoms with E-state index in [1.807, 2.05) is 0 Å². The van der Waals surface area contributed by atoms with Gasteiger partial charge in [0.2, 0.25) is 0 Å². The molecule has 0 aliphatic heterocycles. The van der Waals surface area contributed by atoms with Crippen LogP contribution in [0.5, 0.6) is 5.75 Å². The summed E-state index contributed by atoms with van der Waals surface area (Å²) >= 11 is 0. The number of carbonyl (C=O) groups is 1. The first-order valence-electron chi connectivity index (χ1n) is 5.28. The molecule has 1 aromatic rings. The van der Waals surface area contributed by atoms with Gasteiger partial charge in [-0.15, -0.1) is 0 Å². The van der Waals surface area contributed by atoms with E-state index < -0.39 is 17.5 Å². The highest BCUT2D eigenvalue weighted by Crippen LogP contribution is 2.45. The smallest absolute Gasteiger partial charge is 0.303 e. The summed E-state index contributed by atoms with van der Waals surface area (Å²) in [4.78, 5) is 10.7. The first kappa shape index (κ1) is 10.9. The normalized spacial score (nSPS) is 17.1. The average Bonchev–Trinajstić information content (AvgIpc) is 3.02. The van der Waals surface area contributed by atoms with E-state index in [-0.39, 0.29) is 18.3 Å². The van der Waals surface area contributed by atoms with Crippen molar-refractivity contribution in [3.8, 4) is 5.75 Å². The molecule has 1 aromatic carbocycles. The van der Waals surface area contributed by atoms with Crippen molar-refractivity contribution in [1.29, 1.82) is 0 Å². The maximum Gasteiger partial charge on any atom is 0.303 e. The van der Waals surface area contributed by atoms with Gasteiger partial charge in [0, 0.05) is 5.92 Å². The molecule has 1 atom stereocenters. The van der Waals surface area contributed by atoms with E-state index in [1.165, 1.54) is 6.07 Å². The minimum atomic E-state index is -0.931. The molecule has 0 spiro atoms. The van der Waals surface area contributed by atoms with Crippen molar-refractivity contribution >= 4 is 5.97 Å². The molecule has 16 heavy (non-hydrogen) atoms. The van der Waals surface area contributed by atoms with Gasteiger partial charge in [-0.3, -0.25) is 4.79 Å². The van der Waals surface area contributed by atoms with Crippen LogP contribution in [-0.2, 0) is 4.79 Å². The lowest BCUT2D eigenvalue weighted by Gasteiger charge is -2.15. The molecule has 2 N–H and O–H groups in total. The van der Waals surface area contributed by atoms with Gasteiger partial charge in [0.05, 0.1) is 6.42 Å². The summed E-state index contributed by atoms with van der Waals surface area (Å²) in [6, 6.07) is 4.37. The Balaban J connectivity index is 2.30. The van der Waals surface area contributed by atoms with Crippen LogP contribution in [0.3, 0.4) is 0 Å². The van der Waals surface area contributed by atoms with Crippen molar-refractivity contribution in [3.05, 3.63) is 29.6 Å². The second-order valence-corrected chi connectivity index (χ2v) is 4.22. The molecule has 0 saturated heterocycles. The van der Waals surface area contributed by atoms with Gasteiger partial charge in [0.25, 0.3) is 0 Å². The van der Waals surface area contributed by atoms with E-state index in [2.05, 4.69) is 0 Å². The highest BCUT2D eigenvalue weighted by molar-refractivity contribution is 5.68. The van der Waals surface area contributed by atoms with Gasteiger partial charge < -0.3 is 10.2 Å². The molecule has 86 valence electrons. The first-order chi connectivity index (χ1) is 7.59. The number of phenols is 1. The summed E-state index contributed by atoms with van der Waals surface area (Å²) in [5.41, 5.74) is 0.324. The molecule has 1 aliphatic carbocycles. The predicted molar refractivity (Wildman–Crippen MR) is 55.8 cm³/mol. The zero-order valence-electron chi connectivity index (χ0n) is 8.69. The van der Waals surface area contributed by atoms with Crippen molar-refractivity contribution in [2.75, 3.05) is 0 Å². The largest absolute Gasteiger partial charge is 0.505 e. The van der Waals surface area contributed by atoms with E-state index >= 15 is 0 Å². The first-order valence-corrected chi connectivity index (χ1v) is 5.28. The second kappa shape index (κ2) is 4.12. The van der Waals surface area contributed by atoms with Crippen LogP contribution in [0.1, 0.15) is 30.7 Å². The molecular formula is C12H13FO3. The number of halogens is 1. The van der Waals surface area contributed by atoms with Crippen molar-refractivity contribution in [2.45, 2.75) is 25.2 Å². The third-order valence-corrected chi connectivity index (χ3v) is 2.99. The quantitative estimate of drug-likeness (QED) is 0.826. The Kier molecular flexibility index (Phi) is 2.81. The van der Waals surface area contributed by atoms with Crippen LogP contribution >= 0.6 is 0 Å². The van der Waals surface area contributed by atoms with Crippen molar-refractivity contribution in [1.82, 2.24) is 0 Å². The Hall–Kier alpha value is -1.58. The van der Waals surface area contributed by atoms with Crippen LogP contribution in [-0.4, -0.2) is 16.2 Å². The standard InChI is InChI=1S/C12H13FO3/c13-12-8(2-1-3-10(12)14)9(6-11(15)16)7-4-5-7/h1-3,7,9,14H,4-6H2,(H,15,16). The molecule has 0 aromatic heterocycles. The molecule has 0 radical (unpaired) electrons. The molecule has 0 amide bonds. The fourth-order valence-corrected chi connectivity index (χ4v) is 2.04. The zero-order chi connectivity index (χ0) is 11.7. The molecule has 1 saturated carbocycles. The number of aliphatic carboxylic acids is 1. The minimum Gasteiger partial charge on any atom is -0.505 e. The summed E-state index contributed by atoms with van der Waals surface area (Å²) in [5.74, 6) is -2.09. The molecular weight excluding hydrogens is 211 g/mol. The number of carboxylic acids is 1. The summed E-state index contributed by atoms with van der Waals surface area (Å²) in [6.45, 7) is 0. The van der Waals surface area contributed by atoms with Gasteiger partial charge in [-0.05, 0) is 30.4 Å². The maximum atomic E-state index is 13.6. The van der Waals surface area contributed by atoms with Crippen molar-refractivity contribution in [3.63, 3.8) is 0 Å². The second-order valence-electron chi connectivity index (χ2n) is 4.22. The predicted octanol–water partition coefficient (Wildman–Crippen LogP) is 2.50. The third kappa shape index (κ3) is 2.15. The van der Waals surface area contributed by atoms with Crippen LogP contribution in [0.25, 0.3) is 0 Å². The van der Waals surface area contributed by atoms with Gasteiger partial charge in [0.1, 0.15) is 0 Å². The van der Waals surface area contributed by atoms with E-state index in [9.17, 15) is 14.3 Å². The lowest BCUT2D eigenvalue weighted by atomic mass is 9.90. The maximum absolute atomic E-state index is 13.6. The number of benzene rings is 1. The van der Waals surface area contributed by atoms with E-state index in [0.717, 1.165) is 12.8 Å². The Morgan fingerprint density at radius 1 is 1.50 bits per heavy atom. The Bertz CT molecular complexity index is 413. The van der Waals surface area contributed by atoms with Gasteiger partial charge in [0.15, 0.2) is 11.6 Å². The van der Waals surface area contributed by atoms with Gasteiger partial charge >= 0.3 is 5.97 Å². The molecule has 2 rings (SSSR count). The molecule has 0 heterocycles. The molecule has 1 aliphatic rings. The topological polar surface area (TPSA) is 57.5 Å². The fourth-order valence-electron chi connectivity index (χ4n) is 2.04. The lowest BCUT2D eigenvalue weighted by Crippen LogP contribution is -2.10. The van der Waals surface area contributed by atoms with Crippen LogP contribution < -0.4 is 0 Å². The highest BCUT2D eigenvalue weighted by Gasteiger charge is 2.35. The number of hydrogen-bond donors (Lipinski definition) is 2. The van der Waals surface area contributed by atoms with Crippen LogP contribution in [0.2, 0.25) is 0 Å². The molecule has 3 nitrogen and oxygen atoms in total. The molecule has 1 fully saturated rings. The van der Waals surface area contributed by atoms with E-state index in [1.54, 1.807) is 12.1 Å².